The molecule has 4 nitrogen and oxygen atoms in total. The van der Waals surface area contributed by atoms with Crippen LogP contribution in [-0.4, -0.2) is 19.0 Å². The topological polar surface area (TPSA) is 52.6 Å². The quantitative estimate of drug-likeness (QED) is 0.611. The lowest BCUT2D eigenvalue weighted by molar-refractivity contribution is -0.166. The lowest BCUT2D eigenvalue weighted by Gasteiger charge is -2.32. The highest BCUT2D eigenvalue weighted by Crippen LogP contribution is 2.41. The first-order valence-electron chi connectivity index (χ1n) is 5.52. The van der Waals surface area contributed by atoms with Crippen molar-refractivity contribution in [1.29, 1.82) is 0 Å². The molecule has 0 bridgehead atoms. The second-order valence-corrected chi connectivity index (χ2v) is 5.04. The van der Waals surface area contributed by atoms with Crippen molar-refractivity contribution in [3.05, 3.63) is 28.8 Å². The van der Waals surface area contributed by atoms with Crippen LogP contribution in [0, 0.1) is 0 Å². The Balaban J connectivity index is 2.48. The summed E-state index contributed by atoms with van der Waals surface area (Å²) in [5.41, 5.74) is 0.116. The predicted octanol–water partition coefficient (Wildman–Crippen LogP) is 2.47. The third-order valence-electron chi connectivity index (χ3n) is 3.11. The lowest BCUT2D eigenvalue weighted by Crippen LogP contribution is -2.37. The van der Waals surface area contributed by atoms with Crippen molar-refractivity contribution in [3.8, 4) is 5.75 Å². The molecule has 0 saturated carbocycles. The van der Waals surface area contributed by atoms with Crippen LogP contribution in [0.1, 0.15) is 25.3 Å². The Labute approximate surface area is 110 Å². The van der Waals surface area contributed by atoms with E-state index in [4.69, 9.17) is 16.3 Å². The van der Waals surface area contributed by atoms with Crippen LogP contribution in [0.15, 0.2) is 18.2 Å². The highest BCUT2D eigenvalue weighted by Gasteiger charge is 2.40. The summed E-state index contributed by atoms with van der Waals surface area (Å²) in [6.07, 6.45) is 0.269. The van der Waals surface area contributed by atoms with Crippen LogP contribution in [0.5, 0.6) is 5.75 Å². The lowest BCUT2D eigenvalue weighted by atomic mass is 9.75. The predicted molar refractivity (Wildman–Crippen MR) is 65.7 cm³/mol. The van der Waals surface area contributed by atoms with E-state index in [9.17, 15) is 9.59 Å². The van der Waals surface area contributed by atoms with Crippen molar-refractivity contribution in [2.45, 2.75) is 25.2 Å². The molecule has 1 saturated heterocycles. The molecule has 0 atom stereocenters. The number of esters is 2. The van der Waals surface area contributed by atoms with Gasteiger partial charge < -0.3 is 9.47 Å². The highest BCUT2D eigenvalue weighted by atomic mass is 35.5. The molecule has 0 spiro atoms. The fourth-order valence-corrected chi connectivity index (χ4v) is 2.41. The van der Waals surface area contributed by atoms with Gasteiger partial charge in [0.25, 0.3) is 0 Å². The van der Waals surface area contributed by atoms with Crippen molar-refractivity contribution in [1.82, 2.24) is 0 Å². The largest absolute Gasteiger partial charge is 0.496 e. The van der Waals surface area contributed by atoms with E-state index in [0.29, 0.717) is 10.8 Å². The third-order valence-corrected chi connectivity index (χ3v) is 3.34. The van der Waals surface area contributed by atoms with Gasteiger partial charge in [0.1, 0.15) is 5.75 Å². The maximum absolute atomic E-state index is 11.4. The minimum Gasteiger partial charge on any atom is -0.496 e. The van der Waals surface area contributed by atoms with E-state index in [-0.39, 0.29) is 12.8 Å². The van der Waals surface area contributed by atoms with Crippen LogP contribution in [0.3, 0.4) is 0 Å². The number of carbonyl (C=O) groups excluding carboxylic acids is 2. The summed E-state index contributed by atoms with van der Waals surface area (Å²) < 4.78 is 9.82. The van der Waals surface area contributed by atoms with Gasteiger partial charge in [-0.05, 0) is 18.2 Å². The van der Waals surface area contributed by atoms with Crippen LogP contribution >= 0.6 is 11.6 Å². The fraction of sp³-hybridized carbons (Fsp3) is 0.385. The number of halogens is 1. The molecule has 5 heteroatoms. The number of hydrogen-bond donors (Lipinski definition) is 0. The van der Waals surface area contributed by atoms with Crippen molar-refractivity contribution in [2.75, 3.05) is 7.11 Å². The van der Waals surface area contributed by atoms with Gasteiger partial charge in [0.15, 0.2) is 0 Å². The second-order valence-electron chi connectivity index (χ2n) is 4.60. The van der Waals surface area contributed by atoms with E-state index in [0.717, 1.165) is 5.56 Å². The minimum atomic E-state index is -0.636. The Bertz CT molecular complexity index is 494. The molecular weight excluding hydrogens is 256 g/mol. The van der Waals surface area contributed by atoms with Crippen molar-refractivity contribution >= 4 is 23.5 Å². The Morgan fingerprint density at radius 2 is 1.89 bits per heavy atom. The van der Waals surface area contributed by atoms with Gasteiger partial charge in [-0.3, -0.25) is 9.59 Å². The first-order valence-corrected chi connectivity index (χ1v) is 5.90. The van der Waals surface area contributed by atoms with Gasteiger partial charge in [0.05, 0.1) is 20.0 Å². The third kappa shape index (κ3) is 2.34. The zero-order valence-electron chi connectivity index (χ0n) is 10.2. The van der Waals surface area contributed by atoms with E-state index in [1.165, 1.54) is 0 Å². The molecule has 0 N–H and O–H groups in total. The van der Waals surface area contributed by atoms with Gasteiger partial charge in [0.2, 0.25) is 0 Å². The monoisotopic (exact) mass is 268 g/mol. The first kappa shape index (κ1) is 12.9. The maximum Gasteiger partial charge on any atom is 0.314 e. The molecule has 96 valence electrons. The minimum absolute atomic E-state index is 0.134. The zero-order chi connectivity index (χ0) is 13.3. The summed E-state index contributed by atoms with van der Waals surface area (Å²) in [4.78, 5) is 22.9. The number of methoxy groups -OCH3 is 1. The second kappa shape index (κ2) is 4.61. The van der Waals surface area contributed by atoms with Gasteiger partial charge in [-0.15, -0.1) is 0 Å². The normalized spacial score (nSPS) is 18.4. The summed E-state index contributed by atoms with van der Waals surface area (Å²) >= 11 is 5.97. The van der Waals surface area contributed by atoms with Gasteiger partial charge >= 0.3 is 11.9 Å². The molecule has 1 aliphatic heterocycles. The Morgan fingerprint density at radius 1 is 1.28 bits per heavy atom. The van der Waals surface area contributed by atoms with Crippen molar-refractivity contribution in [3.63, 3.8) is 0 Å². The number of ether oxygens (including phenoxy) is 2. The number of benzene rings is 1. The first-order chi connectivity index (χ1) is 8.44. The molecule has 1 heterocycles. The van der Waals surface area contributed by atoms with Crippen LogP contribution in [0.25, 0.3) is 0 Å². The van der Waals surface area contributed by atoms with Crippen LogP contribution in [0.2, 0.25) is 5.02 Å². The Hall–Kier alpha value is -1.55. The summed E-state index contributed by atoms with van der Waals surface area (Å²) in [6, 6.07) is 5.16. The Morgan fingerprint density at radius 3 is 2.44 bits per heavy atom. The van der Waals surface area contributed by atoms with Gasteiger partial charge in [-0.2, -0.15) is 0 Å². The molecular formula is C13H13ClO4. The Kier molecular flexibility index (Phi) is 3.30. The van der Waals surface area contributed by atoms with Gasteiger partial charge in [0, 0.05) is 16.0 Å². The fourth-order valence-electron chi connectivity index (χ4n) is 2.24. The van der Waals surface area contributed by atoms with Crippen molar-refractivity contribution < 1.29 is 19.1 Å². The maximum atomic E-state index is 11.4. The summed E-state index contributed by atoms with van der Waals surface area (Å²) in [5.74, 6) is -0.420. The van der Waals surface area contributed by atoms with E-state index in [2.05, 4.69) is 4.74 Å². The van der Waals surface area contributed by atoms with E-state index >= 15 is 0 Å². The number of rotatable bonds is 2. The summed E-state index contributed by atoms with van der Waals surface area (Å²) in [6.45, 7) is 1.83. The van der Waals surface area contributed by atoms with E-state index in [1.54, 1.807) is 25.3 Å². The smallest absolute Gasteiger partial charge is 0.314 e. The zero-order valence-corrected chi connectivity index (χ0v) is 10.9. The SMILES string of the molecule is COc1ccc(Cl)cc1C1(C)CC(=O)OC(=O)C1. The highest BCUT2D eigenvalue weighted by molar-refractivity contribution is 6.30. The van der Waals surface area contributed by atoms with Crippen LogP contribution < -0.4 is 4.74 Å². The molecule has 0 amide bonds. The summed E-state index contributed by atoms with van der Waals surface area (Å²) in [7, 11) is 1.54. The van der Waals surface area contributed by atoms with Gasteiger partial charge in [-0.1, -0.05) is 18.5 Å². The standard InChI is InChI=1S/C13H13ClO4/c1-13(6-11(15)18-12(16)7-13)9-5-8(14)3-4-10(9)17-2/h3-5H,6-7H2,1-2H3. The molecule has 1 aromatic rings. The average molecular weight is 269 g/mol. The molecule has 1 fully saturated rings. The number of hydrogen-bond acceptors (Lipinski definition) is 4. The van der Waals surface area contributed by atoms with E-state index in [1.807, 2.05) is 6.92 Å². The van der Waals surface area contributed by atoms with Crippen molar-refractivity contribution in [2.24, 2.45) is 0 Å². The average Bonchev–Trinajstić information content (AvgIpc) is 2.27. The van der Waals surface area contributed by atoms with E-state index < -0.39 is 17.4 Å². The van der Waals surface area contributed by atoms with Crippen LogP contribution in [0.4, 0.5) is 0 Å². The number of carbonyl (C=O) groups is 2. The molecule has 18 heavy (non-hydrogen) atoms. The molecule has 0 aliphatic carbocycles. The molecule has 1 aliphatic rings. The molecule has 0 unspecified atom stereocenters. The summed E-state index contributed by atoms with van der Waals surface area (Å²) in [5, 5.41) is 0.540. The molecule has 0 radical (unpaired) electrons. The van der Waals surface area contributed by atoms with Crippen LogP contribution in [-0.2, 0) is 19.7 Å². The number of cyclic esters (lactones) is 2. The molecule has 2 rings (SSSR count). The van der Waals surface area contributed by atoms with Gasteiger partial charge in [-0.25, -0.2) is 0 Å². The molecule has 1 aromatic carbocycles. The molecule has 0 aromatic heterocycles.